The van der Waals surface area contributed by atoms with Gasteiger partial charge in [-0.15, -0.1) is 0 Å². The molecule has 0 saturated heterocycles. The summed E-state index contributed by atoms with van der Waals surface area (Å²) in [5.41, 5.74) is 1.88. The first-order valence-corrected chi connectivity index (χ1v) is 8.54. The van der Waals surface area contributed by atoms with Gasteiger partial charge in [-0.05, 0) is 66.7 Å². The number of rotatable bonds is 6. The average molecular weight is 355 g/mol. The van der Waals surface area contributed by atoms with Crippen molar-refractivity contribution in [3.63, 3.8) is 0 Å². The van der Waals surface area contributed by atoms with Crippen LogP contribution in [0.5, 0.6) is 11.5 Å². The lowest BCUT2D eigenvalue weighted by Crippen LogP contribution is -2.04. The molecule has 2 aromatic carbocycles. The SMILES string of the molecule is COc1ccc(-n2c(-c3ccc(OCC(C)C)cc3)n[nH]c2=S)cc1. The fourth-order valence-corrected chi connectivity index (χ4v) is 2.66. The molecular formula is C19H21N3O2S. The van der Waals surface area contributed by atoms with E-state index in [0.717, 1.165) is 28.6 Å². The minimum absolute atomic E-state index is 0.492. The van der Waals surface area contributed by atoms with Crippen molar-refractivity contribution >= 4 is 12.2 Å². The van der Waals surface area contributed by atoms with E-state index in [-0.39, 0.29) is 0 Å². The number of nitrogens with one attached hydrogen (secondary N) is 1. The van der Waals surface area contributed by atoms with Crippen LogP contribution in [0.3, 0.4) is 0 Å². The van der Waals surface area contributed by atoms with Gasteiger partial charge < -0.3 is 9.47 Å². The van der Waals surface area contributed by atoms with Gasteiger partial charge in [0.05, 0.1) is 19.4 Å². The van der Waals surface area contributed by atoms with Gasteiger partial charge in [-0.2, -0.15) is 5.10 Å². The zero-order chi connectivity index (χ0) is 17.8. The fraction of sp³-hybridized carbons (Fsp3) is 0.263. The third-order valence-corrected chi connectivity index (χ3v) is 3.97. The standard InChI is InChI=1S/C19H21N3O2S/c1-13(2)12-24-17-8-4-14(5-9-17)18-20-21-19(25)22(18)15-6-10-16(23-3)11-7-15/h4-11,13H,12H2,1-3H3,(H,21,25). The van der Waals surface area contributed by atoms with Gasteiger partial charge in [0.15, 0.2) is 10.6 Å². The second kappa shape index (κ2) is 7.53. The molecular weight excluding hydrogens is 334 g/mol. The highest BCUT2D eigenvalue weighted by Crippen LogP contribution is 2.25. The number of hydrogen-bond acceptors (Lipinski definition) is 4. The molecule has 1 aromatic heterocycles. The predicted molar refractivity (Wildman–Crippen MR) is 101 cm³/mol. The van der Waals surface area contributed by atoms with Crippen LogP contribution in [0.4, 0.5) is 0 Å². The molecule has 0 atom stereocenters. The quantitative estimate of drug-likeness (QED) is 0.655. The second-order valence-electron chi connectivity index (χ2n) is 6.12. The van der Waals surface area contributed by atoms with Gasteiger partial charge in [0.2, 0.25) is 0 Å². The highest BCUT2D eigenvalue weighted by atomic mass is 32.1. The van der Waals surface area contributed by atoms with E-state index in [2.05, 4.69) is 24.0 Å². The van der Waals surface area contributed by atoms with E-state index in [4.69, 9.17) is 21.7 Å². The Morgan fingerprint density at radius 1 is 1.04 bits per heavy atom. The second-order valence-corrected chi connectivity index (χ2v) is 6.50. The van der Waals surface area contributed by atoms with Gasteiger partial charge in [0, 0.05) is 5.56 Å². The summed E-state index contributed by atoms with van der Waals surface area (Å²) >= 11 is 5.40. The van der Waals surface area contributed by atoms with Gasteiger partial charge >= 0.3 is 0 Å². The Morgan fingerprint density at radius 2 is 1.68 bits per heavy atom. The highest BCUT2D eigenvalue weighted by Gasteiger charge is 2.11. The normalized spacial score (nSPS) is 10.9. The van der Waals surface area contributed by atoms with E-state index in [1.54, 1.807) is 7.11 Å². The van der Waals surface area contributed by atoms with Crippen molar-refractivity contribution in [3.8, 4) is 28.6 Å². The van der Waals surface area contributed by atoms with E-state index in [9.17, 15) is 0 Å². The third kappa shape index (κ3) is 3.91. The Balaban J connectivity index is 1.91. The maximum Gasteiger partial charge on any atom is 0.200 e. The minimum atomic E-state index is 0.492. The van der Waals surface area contributed by atoms with E-state index in [1.165, 1.54) is 0 Å². The van der Waals surface area contributed by atoms with Crippen molar-refractivity contribution in [1.82, 2.24) is 14.8 Å². The Morgan fingerprint density at radius 3 is 2.28 bits per heavy atom. The highest BCUT2D eigenvalue weighted by molar-refractivity contribution is 7.71. The van der Waals surface area contributed by atoms with Crippen molar-refractivity contribution in [3.05, 3.63) is 53.3 Å². The summed E-state index contributed by atoms with van der Waals surface area (Å²) in [5.74, 6) is 2.89. The van der Waals surface area contributed by atoms with Gasteiger partial charge in [0.25, 0.3) is 0 Å². The molecule has 25 heavy (non-hydrogen) atoms. The topological polar surface area (TPSA) is 52.1 Å². The smallest absolute Gasteiger partial charge is 0.200 e. The monoisotopic (exact) mass is 355 g/mol. The zero-order valence-electron chi connectivity index (χ0n) is 14.5. The first kappa shape index (κ1) is 17.2. The van der Waals surface area contributed by atoms with Crippen molar-refractivity contribution in [2.75, 3.05) is 13.7 Å². The number of aromatic amines is 1. The summed E-state index contributed by atoms with van der Waals surface area (Å²) in [5, 5.41) is 7.25. The van der Waals surface area contributed by atoms with Crippen molar-refractivity contribution in [2.45, 2.75) is 13.8 Å². The van der Waals surface area contributed by atoms with Gasteiger partial charge in [-0.1, -0.05) is 13.8 Å². The molecule has 1 N–H and O–H groups in total. The number of nitrogens with zero attached hydrogens (tertiary/aromatic N) is 2. The van der Waals surface area contributed by atoms with Crippen LogP contribution in [0.2, 0.25) is 0 Å². The molecule has 0 spiro atoms. The molecule has 3 rings (SSSR count). The van der Waals surface area contributed by atoms with Crippen molar-refractivity contribution < 1.29 is 9.47 Å². The lowest BCUT2D eigenvalue weighted by molar-refractivity contribution is 0.271. The Hall–Kier alpha value is -2.60. The predicted octanol–water partition coefficient (Wildman–Crippen LogP) is 4.64. The van der Waals surface area contributed by atoms with E-state index >= 15 is 0 Å². The van der Waals surface area contributed by atoms with Crippen LogP contribution in [0.1, 0.15) is 13.8 Å². The number of benzene rings is 2. The average Bonchev–Trinajstić information content (AvgIpc) is 3.02. The summed E-state index contributed by atoms with van der Waals surface area (Å²) in [6.45, 7) is 4.95. The fourth-order valence-electron chi connectivity index (χ4n) is 2.42. The molecule has 0 aliphatic rings. The number of aromatic nitrogens is 3. The first-order valence-electron chi connectivity index (χ1n) is 8.13. The lowest BCUT2D eigenvalue weighted by atomic mass is 10.2. The maximum absolute atomic E-state index is 5.73. The molecule has 6 heteroatoms. The molecule has 0 fully saturated rings. The molecule has 1 heterocycles. The minimum Gasteiger partial charge on any atom is -0.497 e. The van der Waals surface area contributed by atoms with Gasteiger partial charge in [0.1, 0.15) is 11.5 Å². The largest absolute Gasteiger partial charge is 0.497 e. The molecule has 0 aliphatic carbocycles. The van der Waals surface area contributed by atoms with Crippen molar-refractivity contribution in [2.24, 2.45) is 5.92 Å². The van der Waals surface area contributed by atoms with Gasteiger partial charge in [-0.25, -0.2) is 0 Å². The molecule has 130 valence electrons. The number of ether oxygens (including phenoxy) is 2. The van der Waals surface area contributed by atoms with Crippen LogP contribution in [-0.2, 0) is 0 Å². The summed E-state index contributed by atoms with van der Waals surface area (Å²) in [4.78, 5) is 0. The van der Waals surface area contributed by atoms with Crippen LogP contribution in [0, 0.1) is 10.7 Å². The number of hydrogen-bond donors (Lipinski definition) is 1. The molecule has 5 nitrogen and oxygen atoms in total. The molecule has 3 aromatic rings. The molecule has 0 radical (unpaired) electrons. The molecule has 0 saturated carbocycles. The maximum atomic E-state index is 5.73. The molecule has 0 bridgehead atoms. The van der Waals surface area contributed by atoms with Crippen LogP contribution < -0.4 is 9.47 Å². The zero-order valence-corrected chi connectivity index (χ0v) is 15.3. The molecule has 0 unspecified atom stereocenters. The number of H-pyrrole nitrogens is 1. The third-order valence-electron chi connectivity index (χ3n) is 3.70. The van der Waals surface area contributed by atoms with E-state index in [0.29, 0.717) is 17.3 Å². The number of methoxy groups -OCH3 is 1. The Kier molecular flexibility index (Phi) is 5.19. The van der Waals surface area contributed by atoms with E-state index in [1.807, 2.05) is 53.1 Å². The van der Waals surface area contributed by atoms with E-state index < -0.39 is 0 Å². The van der Waals surface area contributed by atoms with Crippen molar-refractivity contribution in [1.29, 1.82) is 0 Å². The first-order chi connectivity index (χ1) is 12.1. The Bertz CT molecular complexity index is 880. The lowest BCUT2D eigenvalue weighted by Gasteiger charge is -2.10. The van der Waals surface area contributed by atoms with Gasteiger partial charge in [-0.3, -0.25) is 9.67 Å². The summed E-state index contributed by atoms with van der Waals surface area (Å²) in [7, 11) is 1.65. The summed E-state index contributed by atoms with van der Waals surface area (Å²) in [6.07, 6.45) is 0. The summed E-state index contributed by atoms with van der Waals surface area (Å²) in [6, 6.07) is 15.6. The van der Waals surface area contributed by atoms with Crippen LogP contribution in [-0.4, -0.2) is 28.5 Å². The molecule has 0 aliphatic heterocycles. The van der Waals surface area contributed by atoms with Crippen LogP contribution in [0.15, 0.2) is 48.5 Å². The van der Waals surface area contributed by atoms with Crippen LogP contribution in [0.25, 0.3) is 17.1 Å². The molecule has 0 amide bonds. The Labute approximate surface area is 152 Å². The van der Waals surface area contributed by atoms with Crippen LogP contribution >= 0.6 is 12.2 Å². The summed E-state index contributed by atoms with van der Waals surface area (Å²) < 4.78 is 13.4.